The van der Waals surface area contributed by atoms with E-state index in [4.69, 9.17) is 0 Å². The predicted octanol–water partition coefficient (Wildman–Crippen LogP) is 0.459. The summed E-state index contributed by atoms with van der Waals surface area (Å²) in [5.74, 6) is -0.214. The summed E-state index contributed by atoms with van der Waals surface area (Å²) in [4.78, 5) is 24.9. The van der Waals surface area contributed by atoms with Crippen LogP contribution in [-0.4, -0.2) is 41.5 Å². The predicted molar refractivity (Wildman–Crippen MR) is 70.2 cm³/mol. The highest BCUT2D eigenvalue weighted by atomic mass is 16.3. The van der Waals surface area contributed by atoms with Crippen LogP contribution in [0.1, 0.15) is 24.4 Å². The number of nitrogens with zero attached hydrogens (tertiary/aromatic N) is 1. The molecule has 1 aliphatic rings. The van der Waals surface area contributed by atoms with Crippen LogP contribution in [0.5, 0.6) is 0 Å². The third-order valence-electron chi connectivity index (χ3n) is 3.23. The summed E-state index contributed by atoms with van der Waals surface area (Å²) in [6.45, 7) is 0.549. The molecule has 1 aromatic rings. The second-order valence-corrected chi connectivity index (χ2v) is 4.63. The molecular weight excluding hydrogens is 244 g/mol. The summed E-state index contributed by atoms with van der Waals surface area (Å²) in [5, 5.41) is 12.1. The average Bonchev–Trinajstić information content (AvgIpc) is 2.82. The van der Waals surface area contributed by atoms with Crippen LogP contribution >= 0.6 is 0 Å². The van der Waals surface area contributed by atoms with Crippen LogP contribution in [0.4, 0.5) is 0 Å². The van der Waals surface area contributed by atoms with Gasteiger partial charge >= 0.3 is 0 Å². The molecule has 1 heterocycles. The van der Waals surface area contributed by atoms with Crippen LogP contribution in [0.25, 0.3) is 0 Å². The number of hydrogen-bond donors (Lipinski definition) is 2. The lowest BCUT2D eigenvalue weighted by molar-refractivity contribution is -0.133. The lowest BCUT2D eigenvalue weighted by atomic mass is 10.1. The highest BCUT2D eigenvalue weighted by Crippen LogP contribution is 2.12. The molecule has 0 bridgehead atoms. The van der Waals surface area contributed by atoms with E-state index in [0.717, 1.165) is 12.0 Å². The van der Waals surface area contributed by atoms with Crippen LogP contribution in [0.3, 0.4) is 0 Å². The van der Waals surface area contributed by atoms with Crippen LogP contribution in [0.2, 0.25) is 0 Å². The fourth-order valence-corrected chi connectivity index (χ4v) is 2.20. The fourth-order valence-electron chi connectivity index (χ4n) is 2.20. The van der Waals surface area contributed by atoms with Crippen LogP contribution in [0.15, 0.2) is 30.3 Å². The number of aliphatic hydroxyl groups excluding tert-OH is 1. The second kappa shape index (κ2) is 6.33. The Labute approximate surface area is 112 Å². The lowest BCUT2D eigenvalue weighted by Crippen LogP contribution is -2.40. The molecule has 5 nitrogen and oxygen atoms in total. The van der Waals surface area contributed by atoms with E-state index < -0.39 is 6.04 Å². The summed E-state index contributed by atoms with van der Waals surface area (Å²) in [7, 11) is 0. The molecule has 2 rings (SSSR count). The number of rotatable bonds is 5. The quantitative estimate of drug-likeness (QED) is 0.810. The standard InChI is InChI=1S/C14H18N2O3/c17-10-12(11-5-2-1-3-6-11)15-13(18)9-16-8-4-7-14(16)19/h1-3,5-6,12,17H,4,7-10H2,(H,15,18)/t12-/m0/s1. The average molecular weight is 262 g/mol. The summed E-state index contributed by atoms with van der Waals surface area (Å²) in [5.41, 5.74) is 0.853. The molecule has 0 radical (unpaired) electrons. The summed E-state index contributed by atoms with van der Waals surface area (Å²) in [6.07, 6.45) is 1.34. The molecule has 2 amide bonds. The zero-order valence-electron chi connectivity index (χ0n) is 10.7. The van der Waals surface area contributed by atoms with Crippen LogP contribution < -0.4 is 5.32 Å². The minimum Gasteiger partial charge on any atom is -0.394 e. The molecule has 1 aromatic carbocycles. The van der Waals surface area contributed by atoms with Gasteiger partial charge < -0.3 is 15.3 Å². The lowest BCUT2D eigenvalue weighted by Gasteiger charge is -2.20. The smallest absolute Gasteiger partial charge is 0.240 e. The van der Waals surface area contributed by atoms with Gasteiger partial charge in [0.15, 0.2) is 0 Å². The molecule has 1 fully saturated rings. The van der Waals surface area contributed by atoms with Crippen molar-refractivity contribution in [3.63, 3.8) is 0 Å². The van der Waals surface area contributed by atoms with Gasteiger partial charge in [0.1, 0.15) is 0 Å². The van der Waals surface area contributed by atoms with Gasteiger partial charge in [0.25, 0.3) is 0 Å². The van der Waals surface area contributed by atoms with Crippen molar-refractivity contribution >= 4 is 11.8 Å². The van der Waals surface area contributed by atoms with E-state index in [1.165, 1.54) is 0 Å². The Balaban J connectivity index is 1.91. The maximum absolute atomic E-state index is 11.9. The third-order valence-corrected chi connectivity index (χ3v) is 3.23. The van der Waals surface area contributed by atoms with E-state index >= 15 is 0 Å². The van der Waals surface area contributed by atoms with Crippen LogP contribution in [-0.2, 0) is 9.59 Å². The third kappa shape index (κ3) is 3.54. The highest BCUT2D eigenvalue weighted by Gasteiger charge is 2.23. The molecule has 0 unspecified atom stereocenters. The van der Waals surface area contributed by atoms with Crippen molar-refractivity contribution in [1.82, 2.24) is 10.2 Å². The van der Waals surface area contributed by atoms with Gasteiger partial charge in [-0.3, -0.25) is 9.59 Å². The number of nitrogens with one attached hydrogen (secondary N) is 1. The van der Waals surface area contributed by atoms with E-state index in [1.807, 2.05) is 30.3 Å². The SMILES string of the molecule is O=C(CN1CCCC1=O)N[C@@H](CO)c1ccccc1. The Hall–Kier alpha value is -1.88. The minimum absolute atomic E-state index is 0.0235. The van der Waals surface area contributed by atoms with E-state index in [0.29, 0.717) is 13.0 Å². The molecule has 0 saturated carbocycles. The van der Waals surface area contributed by atoms with Gasteiger partial charge in [0.05, 0.1) is 19.2 Å². The zero-order chi connectivity index (χ0) is 13.7. The first-order chi connectivity index (χ1) is 9.20. The Bertz CT molecular complexity index is 447. The number of carbonyl (C=O) groups excluding carboxylic acids is 2. The van der Waals surface area contributed by atoms with Crippen molar-refractivity contribution in [3.05, 3.63) is 35.9 Å². The molecule has 0 spiro atoms. The monoisotopic (exact) mass is 262 g/mol. The Morgan fingerprint density at radius 3 is 2.68 bits per heavy atom. The molecule has 1 atom stereocenters. The van der Waals surface area contributed by atoms with Gasteiger partial charge in [-0.05, 0) is 12.0 Å². The van der Waals surface area contributed by atoms with Crippen molar-refractivity contribution in [2.45, 2.75) is 18.9 Å². The topological polar surface area (TPSA) is 69.6 Å². The highest BCUT2D eigenvalue weighted by molar-refractivity contribution is 5.86. The summed E-state index contributed by atoms with van der Waals surface area (Å²) < 4.78 is 0. The van der Waals surface area contributed by atoms with E-state index in [-0.39, 0.29) is 25.0 Å². The molecule has 102 valence electrons. The molecule has 5 heteroatoms. The first-order valence-electron chi connectivity index (χ1n) is 6.43. The minimum atomic E-state index is -0.425. The fraction of sp³-hybridized carbons (Fsp3) is 0.429. The van der Waals surface area contributed by atoms with E-state index in [2.05, 4.69) is 5.32 Å². The molecule has 1 saturated heterocycles. The molecule has 1 aliphatic heterocycles. The Kier molecular flexibility index (Phi) is 4.52. The number of amides is 2. The van der Waals surface area contributed by atoms with Gasteiger partial charge in [-0.25, -0.2) is 0 Å². The number of benzene rings is 1. The molecule has 0 aliphatic carbocycles. The summed E-state index contributed by atoms with van der Waals surface area (Å²) >= 11 is 0. The van der Waals surface area contributed by atoms with Gasteiger partial charge in [0.2, 0.25) is 11.8 Å². The number of aliphatic hydroxyl groups is 1. The second-order valence-electron chi connectivity index (χ2n) is 4.63. The molecule has 2 N–H and O–H groups in total. The van der Waals surface area contributed by atoms with Crippen molar-refractivity contribution in [1.29, 1.82) is 0 Å². The Morgan fingerprint density at radius 1 is 1.37 bits per heavy atom. The first-order valence-corrected chi connectivity index (χ1v) is 6.43. The maximum Gasteiger partial charge on any atom is 0.240 e. The largest absolute Gasteiger partial charge is 0.394 e. The van der Waals surface area contributed by atoms with E-state index in [9.17, 15) is 14.7 Å². The Morgan fingerprint density at radius 2 is 2.11 bits per heavy atom. The molecule has 0 aromatic heterocycles. The van der Waals surface area contributed by atoms with Crippen molar-refractivity contribution < 1.29 is 14.7 Å². The maximum atomic E-state index is 11.9. The van der Waals surface area contributed by atoms with E-state index in [1.54, 1.807) is 4.90 Å². The first kappa shape index (κ1) is 13.5. The number of likely N-dealkylation sites (tertiary alicyclic amines) is 1. The van der Waals surface area contributed by atoms with Crippen molar-refractivity contribution in [2.24, 2.45) is 0 Å². The van der Waals surface area contributed by atoms with Crippen LogP contribution in [0, 0.1) is 0 Å². The van der Waals surface area contributed by atoms with Gasteiger partial charge in [-0.15, -0.1) is 0 Å². The molecule has 19 heavy (non-hydrogen) atoms. The van der Waals surface area contributed by atoms with Crippen molar-refractivity contribution in [2.75, 3.05) is 19.7 Å². The molecular formula is C14H18N2O3. The summed E-state index contributed by atoms with van der Waals surface area (Å²) in [6, 6.07) is 8.86. The van der Waals surface area contributed by atoms with Crippen molar-refractivity contribution in [3.8, 4) is 0 Å². The number of carbonyl (C=O) groups is 2. The van der Waals surface area contributed by atoms with Gasteiger partial charge in [-0.2, -0.15) is 0 Å². The normalized spacial score (nSPS) is 16.5. The van der Waals surface area contributed by atoms with Gasteiger partial charge in [0, 0.05) is 13.0 Å². The van der Waals surface area contributed by atoms with Gasteiger partial charge in [-0.1, -0.05) is 30.3 Å². The zero-order valence-corrected chi connectivity index (χ0v) is 10.7. The number of hydrogen-bond acceptors (Lipinski definition) is 3.